The molecule has 0 bridgehead atoms. The Morgan fingerprint density at radius 2 is 2.10 bits per heavy atom. The van der Waals surface area contributed by atoms with Gasteiger partial charge < -0.3 is 9.80 Å². The first-order valence-electron chi connectivity index (χ1n) is 8.05. The zero-order valence-corrected chi connectivity index (χ0v) is 12.9. The van der Waals surface area contributed by atoms with Gasteiger partial charge in [-0.15, -0.1) is 0 Å². The highest BCUT2D eigenvalue weighted by atomic mass is 15.2. The Labute approximate surface area is 123 Å². The van der Waals surface area contributed by atoms with Crippen molar-refractivity contribution < 1.29 is 0 Å². The molecule has 0 N–H and O–H groups in total. The molecule has 2 saturated heterocycles. The summed E-state index contributed by atoms with van der Waals surface area (Å²) in [6.45, 7) is 10.9. The predicted octanol–water partition coefficient (Wildman–Crippen LogP) is 3.03. The van der Waals surface area contributed by atoms with E-state index in [1.165, 1.54) is 52.0 Å². The highest BCUT2D eigenvalue weighted by molar-refractivity contribution is 5.39. The van der Waals surface area contributed by atoms with Crippen molar-refractivity contribution in [3.63, 3.8) is 0 Å². The molecule has 2 fully saturated rings. The molecule has 3 heterocycles. The maximum absolute atomic E-state index is 4.52. The van der Waals surface area contributed by atoms with Crippen LogP contribution in [0.15, 0.2) is 24.4 Å². The van der Waals surface area contributed by atoms with E-state index in [9.17, 15) is 0 Å². The zero-order chi connectivity index (χ0) is 14.0. The Kier molecular flexibility index (Phi) is 3.97. The van der Waals surface area contributed by atoms with Crippen LogP contribution in [0.25, 0.3) is 0 Å². The topological polar surface area (TPSA) is 19.4 Å². The van der Waals surface area contributed by atoms with E-state index in [1.54, 1.807) is 0 Å². The van der Waals surface area contributed by atoms with Crippen LogP contribution in [0.4, 0.5) is 5.82 Å². The van der Waals surface area contributed by atoms with Gasteiger partial charge in [-0.05, 0) is 43.9 Å². The second-order valence-electron chi connectivity index (χ2n) is 7.09. The molecular formula is C17H27N3. The number of hydrogen-bond acceptors (Lipinski definition) is 3. The molecule has 20 heavy (non-hydrogen) atoms. The third-order valence-corrected chi connectivity index (χ3v) is 4.78. The lowest BCUT2D eigenvalue weighted by atomic mass is 9.79. The number of rotatable bonds is 3. The van der Waals surface area contributed by atoms with Crippen molar-refractivity contribution >= 4 is 5.82 Å². The van der Waals surface area contributed by atoms with Crippen LogP contribution >= 0.6 is 0 Å². The fourth-order valence-electron chi connectivity index (χ4n) is 3.99. The van der Waals surface area contributed by atoms with Gasteiger partial charge in [0.1, 0.15) is 5.82 Å². The maximum atomic E-state index is 4.52. The molecule has 2 aliphatic heterocycles. The normalized spacial score (nSPS) is 27.6. The lowest BCUT2D eigenvalue weighted by molar-refractivity contribution is 0.0951. The molecule has 0 aliphatic carbocycles. The molecule has 3 heteroatoms. The lowest BCUT2D eigenvalue weighted by Gasteiger charge is -2.41. The molecule has 1 aromatic rings. The smallest absolute Gasteiger partial charge is 0.128 e. The van der Waals surface area contributed by atoms with Crippen LogP contribution in [-0.2, 0) is 0 Å². The molecule has 110 valence electrons. The Morgan fingerprint density at radius 1 is 1.20 bits per heavy atom. The minimum atomic E-state index is 0.519. The standard InChI is InChI=1S/C17H27N3/c1-15(2)12-19-10-5-7-17(13-19)8-11-20(14-17)16-6-3-4-9-18-16/h3-4,6,9,15H,5,7-8,10-14H2,1-2H3/t17-/m0/s1. The van der Waals surface area contributed by atoms with Gasteiger partial charge in [0.2, 0.25) is 0 Å². The van der Waals surface area contributed by atoms with Crippen molar-refractivity contribution in [2.75, 3.05) is 37.6 Å². The number of hydrogen-bond donors (Lipinski definition) is 0. The Bertz CT molecular complexity index is 431. The molecule has 3 rings (SSSR count). The van der Waals surface area contributed by atoms with Crippen LogP contribution in [0.5, 0.6) is 0 Å². The molecule has 1 aromatic heterocycles. The second-order valence-corrected chi connectivity index (χ2v) is 7.09. The van der Waals surface area contributed by atoms with E-state index in [0.29, 0.717) is 5.41 Å². The Balaban J connectivity index is 1.66. The summed E-state index contributed by atoms with van der Waals surface area (Å²) in [6, 6.07) is 6.24. The van der Waals surface area contributed by atoms with Crippen molar-refractivity contribution in [1.29, 1.82) is 0 Å². The van der Waals surface area contributed by atoms with E-state index in [4.69, 9.17) is 0 Å². The molecule has 0 radical (unpaired) electrons. The monoisotopic (exact) mass is 273 g/mol. The first kappa shape index (κ1) is 13.9. The molecule has 1 spiro atoms. The summed E-state index contributed by atoms with van der Waals surface area (Å²) < 4.78 is 0. The van der Waals surface area contributed by atoms with Gasteiger partial charge >= 0.3 is 0 Å². The van der Waals surface area contributed by atoms with E-state index < -0.39 is 0 Å². The Hall–Kier alpha value is -1.09. The van der Waals surface area contributed by atoms with Crippen LogP contribution < -0.4 is 4.90 Å². The zero-order valence-electron chi connectivity index (χ0n) is 12.9. The van der Waals surface area contributed by atoms with Gasteiger partial charge in [-0.2, -0.15) is 0 Å². The number of likely N-dealkylation sites (tertiary alicyclic amines) is 1. The van der Waals surface area contributed by atoms with Gasteiger partial charge in [0, 0.05) is 37.8 Å². The van der Waals surface area contributed by atoms with Crippen LogP contribution in [0.2, 0.25) is 0 Å². The van der Waals surface area contributed by atoms with Crippen LogP contribution in [-0.4, -0.2) is 42.6 Å². The molecule has 3 nitrogen and oxygen atoms in total. The van der Waals surface area contributed by atoms with Crippen molar-refractivity contribution in [3.8, 4) is 0 Å². The summed E-state index contributed by atoms with van der Waals surface area (Å²) in [4.78, 5) is 9.69. The van der Waals surface area contributed by atoms with Crippen LogP contribution in [0, 0.1) is 11.3 Å². The minimum absolute atomic E-state index is 0.519. The number of aromatic nitrogens is 1. The fraction of sp³-hybridized carbons (Fsp3) is 0.706. The number of anilines is 1. The summed E-state index contributed by atoms with van der Waals surface area (Å²) in [7, 11) is 0. The van der Waals surface area contributed by atoms with Gasteiger partial charge in [0.05, 0.1) is 0 Å². The second kappa shape index (κ2) is 5.72. The molecule has 0 saturated carbocycles. The summed E-state index contributed by atoms with van der Waals surface area (Å²) in [5.74, 6) is 1.93. The van der Waals surface area contributed by atoms with Gasteiger partial charge in [-0.1, -0.05) is 19.9 Å². The van der Waals surface area contributed by atoms with Crippen molar-refractivity contribution in [3.05, 3.63) is 24.4 Å². The SMILES string of the molecule is CC(C)CN1CCC[C@]2(CCN(c3ccccn3)C2)C1. The number of piperidine rings is 1. The highest BCUT2D eigenvalue weighted by Crippen LogP contribution is 2.40. The molecule has 1 atom stereocenters. The maximum Gasteiger partial charge on any atom is 0.128 e. The van der Waals surface area contributed by atoms with Crippen LogP contribution in [0.1, 0.15) is 33.1 Å². The molecule has 0 amide bonds. The molecule has 0 unspecified atom stereocenters. The van der Waals surface area contributed by atoms with E-state index in [2.05, 4.69) is 40.8 Å². The van der Waals surface area contributed by atoms with Gasteiger partial charge in [0.25, 0.3) is 0 Å². The fourth-order valence-corrected chi connectivity index (χ4v) is 3.99. The van der Waals surface area contributed by atoms with Crippen molar-refractivity contribution in [2.24, 2.45) is 11.3 Å². The average molecular weight is 273 g/mol. The third-order valence-electron chi connectivity index (χ3n) is 4.78. The summed E-state index contributed by atoms with van der Waals surface area (Å²) in [5, 5.41) is 0. The molecular weight excluding hydrogens is 246 g/mol. The largest absolute Gasteiger partial charge is 0.356 e. The minimum Gasteiger partial charge on any atom is -0.356 e. The third kappa shape index (κ3) is 2.98. The van der Waals surface area contributed by atoms with E-state index in [-0.39, 0.29) is 0 Å². The van der Waals surface area contributed by atoms with Gasteiger partial charge in [0.15, 0.2) is 0 Å². The average Bonchev–Trinajstić information content (AvgIpc) is 2.83. The van der Waals surface area contributed by atoms with Crippen molar-refractivity contribution in [2.45, 2.75) is 33.1 Å². The van der Waals surface area contributed by atoms with Gasteiger partial charge in [-0.3, -0.25) is 0 Å². The van der Waals surface area contributed by atoms with Crippen LogP contribution in [0.3, 0.4) is 0 Å². The van der Waals surface area contributed by atoms with Gasteiger partial charge in [-0.25, -0.2) is 4.98 Å². The lowest BCUT2D eigenvalue weighted by Crippen LogP contribution is -2.46. The molecule has 0 aromatic carbocycles. The number of nitrogens with zero attached hydrogens (tertiary/aromatic N) is 3. The van der Waals surface area contributed by atoms with E-state index in [1.807, 2.05) is 12.3 Å². The Morgan fingerprint density at radius 3 is 2.85 bits per heavy atom. The van der Waals surface area contributed by atoms with E-state index in [0.717, 1.165) is 11.7 Å². The van der Waals surface area contributed by atoms with Crippen molar-refractivity contribution in [1.82, 2.24) is 9.88 Å². The molecule has 2 aliphatic rings. The summed E-state index contributed by atoms with van der Waals surface area (Å²) in [6.07, 6.45) is 6.00. The summed E-state index contributed by atoms with van der Waals surface area (Å²) in [5.41, 5.74) is 0.519. The van der Waals surface area contributed by atoms with E-state index >= 15 is 0 Å². The number of pyridine rings is 1. The predicted molar refractivity (Wildman–Crippen MR) is 84.0 cm³/mol. The first-order chi connectivity index (χ1) is 9.67. The first-order valence-corrected chi connectivity index (χ1v) is 8.05. The summed E-state index contributed by atoms with van der Waals surface area (Å²) >= 11 is 0. The quantitative estimate of drug-likeness (QED) is 0.844. The highest BCUT2D eigenvalue weighted by Gasteiger charge is 2.41.